The lowest BCUT2D eigenvalue weighted by Gasteiger charge is -2.11. The fourth-order valence-electron chi connectivity index (χ4n) is 2.86. The van der Waals surface area contributed by atoms with Crippen molar-refractivity contribution in [1.29, 1.82) is 0 Å². The van der Waals surface area contributed by atoms with Gasteiger partial charge in [-0.15, -0.1) is 0 Å². The summed E-state index contributed by atoms with van der Waals surface area (Å²) in [5.41, 5.74) is 0.203. The number of halogens is 4. The maximum Gasteiger partial charge on any atom is 0.416 e. The molecule has 3 heterocycles. The van der Waals surface area contributed by atoms with Crippen molar-refractivity contribution in [1.82, 2.24) is 19.2 Å². The van der Waals surface area contributed by atoms with Crippen molar-refractivity contribution < 1.29 is 13.2 Å². The van der Waals surface area contributed by atoms with Gasteiger partial charge < -0.3 is 0 Å². The lowest BCUT2D eigenvalue weighted by atomic mass is 10.2. The highest BCUT2D eigenvalue weighted by atomic mass is 35.5. The van der Waals surface area contributed by atoms with Gasteiger partial charge in [0.15, 0.2) is 5.65 Å². The summed E-state index contributed by atoms with van der Waals surface area (Å²) in [5.74, 6) is 0. The molecule has 4 aromatic rings. The molecule has 1 aromatic carbocycles. The molecule has 0 fully saturated rings. The molecule has 29 heavy (non-hydrogen) atoms. The Kier molecular flexibility index (Phi) is 4.71. The standard InChI is InChI=1S/C20H12ClF3N4O/c21-17-11-18-26-15(7-6-13-3-2-8-25-12-13)10-19(29)28(18)27(17)16-5-1-4-14(9-16)20(22,23)24/h1-12H. The maximum absolute atomic E-state index is 13.0. The van der Waals surface area contributed by atoms with Crippen LogP contribution in [-0.4, -0.2) is 19.2 Å². The van der Waals surface area contributed by atoms with Gasteiger partial charge in [0.05, 0.1) is 16.9 Å². The highest BCUT2D eigenvalue weighted by Gasteiger charge is 2.30. The molecule has 0 bridgehead atoms. The molecule has 0 N–H and O–H groups in total. The van der Waals surface area contributed by atoms with Crippen LogP contribution in [0.5, 0.6) is 0 Å². The summed E-state index contributed by atoms with van der Waals surface area (Å²) in [6.07, 6.45) is 2.18. The number of nitrogens with zero attached hydrogens (tertiary/aromatic N) is 4. The molecule has 3 aromatic heterocycles. The fraction of sp³-hybridized carbons (Fsp3) is 0.0500. The van der Waals surface area contributed by atoms with E-state index in [1.807, 2.05) is 6.07 Å². The van der Waals surface area contributed by atoms with Crippen LogP contribution in [-0.2, 0) is 6.18 Å². The van der Waals surface area contributed by atoms with Gasteiger partial charge in [-0.2, -0.15) is 17.7 Å². The van der Waals surface area contributed by atoms with Crippen molar-refractivity contribution in [3.05, 3.63) is 93.3 Å². The zero-order valence-corrected chi connectivity index (χ0v) is 15.4. The third kappa shape index (κ3) is 3.79. The van der Waals surface area contributed by atoms with Gasteiger partial charge in [0, 0.05) is 24.5 Å². The Morgan fingerprint density at radius 2 is 1.86 bits per heavy atom. The van der Waals surface area contributed by atoms with E-state index >= 15 is 0 Å². The Morgan fingerprint density at radius 3 is 2.59 bits per heavy atom. The van der Waals surface area contributed by atoms with Crippen molar-refractivity contribution in [2.45, 2.75) is 6.18 Å². The zero-order chi connectivity index (χ0) is 20.6. The van der Waals surface area contributed by atoms with E-state index in [9.17, 15) is 18.0 Å². The van der Waals surface area contributed by atoms with Crippen molar-refractivity contribution in [3.8, 4) is 5.69 Å². The highest BCUT2D eigenvalue weighted by molar-refractivity contribution is 6.30. The first kappa shape index (κ1) is 18.9. The van der Waals surface area contributed by atoms with E-state index < -0.39 is 17.3 Å². The summed E-state index contributed by atoms with van der Waals surface area (Å²) < 4.78 is 41.5. The summed E-state index contributed by atoms with van der Waals surface area (Å²) in [6, 6.07) is 10.9. The van der Waals surface area contributed by atoms with E-state index in [1.165, 1.54) is 28.9 Å². The third-order valence-electron chi connectivity index (χ3n) is 4.14. The van der Waals surface area contributed by atoms with Crippen LogP contribution in [0.25, 0.3) is 23.5 Å². The monoisotopic (exact) mass is 416 g/mol. The van der Waals surface area contributed by atoms with Crippen LogP contribution in [0.1, 0.15) is 16.8 Å². The van der Waals surface area contributed by atoms with Crippen LogP contribution in [0.2, 0.25) is 5.15 Å². The first-order chi connectivity index (χ1) is 13.8. The van der Waals surface area contributed by atoms with E-state index in [-0.39, 0.29) is 16.5 Å². The van der Waals surface area contributed by atoms with Crippen molar-refractivity contribution >= 4 is 29.4 Å². The quantitative estimate of drug-likeness (QED) is 0.485. The molecule has 0 saturated carbocycles. The summed E-state index contributed by atoms with van der Waals surface area (Å²) in [7, 11) is 0. The first-order valence-corrected chi connectivity index (χ1v) is 8.78. The summed E-state index contributed by atoms with van der Waals surface area (Å²) in [4.78, 5) is 21.0. The Balaban J connectivity index is 1.81. The van der Waals surface area contributed by atoms with Crippen LogP contribution in [0.4, 0.5) is 13.2 Å². The predicted molar refractivity (Wildman–Crippen MR) is 104 cm³/mol. The first-order valence-electron chi connectivity index (χ1n) is 8.40. The van der Waals surface area contributed by atoms with Gasteiger partial charge >= 0.3 is 6.18 Å². The minimum absolute atomic E-state index is 0.0577. The third-order valence-corrected chi connectivity index (χ3v) is 4.41. The Morgan fingerprint density at radius 1 is 1.03 bits per heavy atom. The Hall–Kier alpha value is -3.39. The molecule has 0 unspecified atom stereocenters. The normalized spacial score (nSPS) is 12.1. The molecule has 5 nitrogen and oxygen atoms in total. The maximum atomic E-state index is 13.0. The van der Waals surface area contributed by atoms with Gasteiger partial charge in [-0.1, -0.05) is 29.8 Å². The molecule has 9 heteroatoms. The van der Waals surface area contributed by atoms with Gasteiger partial charge in [0.25, 0.3) is 5.56 Å². The molecule has 0 spiro atoms. The van der Waals surface area contributed by atoms with Gasteiger partial charge in [0.1, 0.15) is 5.15 Å². The van der Waals surface area contributed by atoms with Crippen LogP contribution < -0.4 is 5.56 Å². The van der Waals surface area contributed by atoms with E-state index in [2.05, 4.69) is 9.97 Å². The number of hydrogen-bond donors (Lipinski definition) is 0. The van der Waals surface area contributed by atoms with Crippen LogP contribution >= 0.6 is 11.6 Å². The molecule has 146 valence electrons. The lowest BCUT2D eigenvalue weighted by molar-refractivity contribution is -0.137. The number of alkyl halides is 3. The van der Waals surface area contributed by atoms with Crippen molar-refractivity contribution in [2.75, 3.05) is 0 Å². The van der Waals surface area contributed by atoms with Gasteiger partial charge in [0.2, 0.25) is 0 Å². The van der Waals surface area contributed by atoms with E-state index in [0.717, 1.165) is 22.2 Å². The lowest BCUT2D eigenvalue weighted by Crippen LogP contribution is -2.20. The minimum Gasteiger partial charge on any atom is -0.267 e. The van der Waals surface area contributed by atoms with Crippen molar-refractivity contribution in [3.63, 3.8) is 0 Å². The number of benzene rings is 1. The molecule has 4 rings (SSSR count). The number of hydrogen-bond acceptors (Lipinski definition) is 3. The average Bonchev–Trinajstić information content (AvgIpc) is 3.03. The zero-order valence-electron chi connectivity index (χ0n) is 14.6. The highest BCUT2D eigenvalue weighted by Crippen LogP contribution is 2.31. The Bertz CT molecular complexity index is 1280. The second kappa shape index (κ2) is 7.21. The van der Waals surface area contributed by atoms with Gasteiger partial charge in [-0.05, 0) is 35.9 Å². The van der Waals surface area contributed by atoms with Gasteiger partial charge in [-0.25, -0.2) is 9.67 Å². The summed E-state index contributed by atoms with van der Waals surface area (Å²) in [6.45, 7) is 0. The van der Waals surface area contributed by atoms with Crippen LogP contribution in [0, 0.1) is 0 Å². The summed E-state index contributed by atoms with van der Waals surface area (Å²) in [5, 5.41) is 0.0577. The molecule has 0 saturated heterocycles. The van der Waals surface area contributed by atoms with Gasteiger partial charge in [-0.3, -0.25) is 9.78 Å². The van der Waals surface area contributed by atoms with Crippen LogP contribution in [0.15, 0.2) is 65.7 Å². The van der Waals surface area contributed by atoms with E-state index in [0.29, 0.717) is 5.69 Å². The summed E-state index contributed by atoms with van der Waals surface area (Å²) >= 11 is 6.22. The predicted octanol–water partition coefficient (Wildman–Crippen LogP) is 4.72. The SMILES string of the molecule is O=c1cc(C=Cc2cccnc2)nc2cc(Cl)n(-c3cccc(C(F)(F)F)c3)n12. The smallest absolute Gasteiger partial charge is 0.267 e. The second-order valence-electron chi connectivity index (χ2n) is 6.14. The molecule has 0 radical (unpaired) electrons. The number of fused-ring (bicyclic) bond motifs is 1. The van der Waals surface area contributed by atoms with Crippen molar-refractivity contribution in [2.24, 2.45) is 0 Å². The minimum atomic E-state index is -4.51. The molecule has 0 aliphatic heterocycles. The number of rotatable bonds is 3. The average molecular weight is 417 g/mol. The Labute approximate surface area is 167 Å². The molecular weight excluding hydrogens is 405 g/mol. The largest absolute Gasteiger partial charge is 0.416 e. The molecular formula is C20H12ClF3N4O. The molecule has 0 atom stereocenters. The second-order valence-corrected chi connectivity index (χ2v) is 6.52. The molecule has 0 aliphatic rings. The van der Waals surface area contributed by atoms with Crippen LogP contribution in [0.3, 0.4) is 0 Å². The van der Waals surface area contributed by atoms with E-state index in [4.69, 9.17) is 11.6 Å². The fourth-order valence-corrected chi connectivity index (χ4v) is 3.14. The van der Waals surface area contributed by atoms with E-state index in [1.54, 1.807) is 30.6 Å². The molecule has 0 amide bonds. The topological polar surface area (TPSA) is 52.2 Å². The number of pyridine rings is 1. The number of aromatic nitrogens is 4. The molecule has 0 aliphatic carbocycles.